The summed E-state index contributed by atoms with van der Waals surface area (Å²) in [5, 5.41) is 13.8. The largest absolute Gasteiger partial charge is 0.508 e. The minimum absolute atomic E-state index is 0.0938. The number of halogens is 1. The standard InChI is InChI=1S/C15H13ClN2O2/c1-18-14(11-8-9(16)6-7-13(11)19)17-12-5-3-2-4-10(12)15(18)20/h2-8,14,17,19H,1H3. The third-order valence-corrected chi connectivity index (χ3v) is 3.68. The second-order valence-corrected chi connectivity index (χ2v) is 5.15. The molecule has 0 radical (unpaired) electrons. The summed E-state index contributed by atoms with van der Waals surface area (Å²) >= 11 is 5.98. The molecule has 1 aliphatic heterocycles. The number of phenolic OH excluding ortho intramolecular Hbond substituents is 1. The summed E-state index contributed by atoms with van der Waals surface area (Å²) in [5.41, 5.74) is 1.94. The first-order valence-corrected chi connectivity index (χ1v) is 6.57. The lowest BCUT2D eigenvalue weighted by molar-refractivity contribution is 0.0734. The molecule has 2 N–H and O–H groups in total. The summed E-state index contributed by atoms with van der Waals surface area (Å²) in [7, 11) is 1.69. The van der Waals surface area contributed by atoms with Crippen molar-refractivity contribution in [3.63, 3.8) is 0 Å². The van der Waals surface area contributed by atoms with Crippen molar-refractivity contribution < 1.29 is 9.90 Å². The number of amides is 1. The SMILES string of the molecule is CN1C(=O)c2ccccc2NC1c1cc(Cl)ccc1O. The zero-order valence-electron chi connectivity index (χ0n) is 10.8. The highest BCUT2D eigenvalue weighted by atomic mass is 35.5. The Morgan fingerprint density at radius 1 is 1.25 bits per heavy atom. The molecule has 1 heterocycles. The molecule has 0 spiro atoms. The Morgan fingerprint density at radius 2 is 2.00 bits per heavy atom. The van der Waals surface area contributed by atoms with Gasteiger partial charge in [0, 0.05) is 23.3 Å². The van der Waals surface area contributed by atoms with Gasteiger partial charge in [-0.15, -0.1) is 0 Å². The van der Waals surface area contributed by atoms with Crippen LogP contribution in [-0.2, 0) is 0 Å². The molecule has 0 fully saturated rings. The molecule has 5 heteroatoms. The van der Waals surface area contributed by atoms with E-state index in [2.05, 4.69) is 5.32 Å². The molecule has 1 aliphatic rings. The molecule has 0 saturated carbocycles. The number of hydrogen-bond donors (Lipinski definition) is 2. The van der Waals surface area contributed by atoms with Crippen molar-refractivity contribution in [2.75, 3.05) is 12.4 Å². The molecule has 1 amide bonds. The maximum absolute atomic E-state index is 12.4. The van der Waals surface area contributed by atoms with Crippen molar-refractivity contribution in [3.8, 4) is 5.75 Å². The van der Waals surface area contributed by atoms with Crippen LogP contribution in [0.25, 0.3) is 0 Å². The van der Waals surface area contributed by atoms with Crippen LogP contribution < -0.4 is 5.32 Å². The number of para-hydroxylation sites is 1. The summed E-state index contributed by atoms with van der Waals surface area (Å²) in [4.78, 5) is 13.9. The lowest BCUT2D eigenvalue weighted by atomic mass is 10.0. The van der Waals surface area contributed by atoms with Gasteiger partial charge in [0.15, 0.2) is 0 Å². The van der Waals surface area contributed by atoms with Gasteiger partial charge in [-0.3, -0.25) is 4.79 Å². The highest BCUT2D eigenvalue weighted by Crippen LogP contribution is 2.36. The van der Waals surface area contributed by atoms with E-state index in [4.69, 9.17) is 11.6 Å². The number of fused-ring (bicyclic) bond motifs is 1. The van der Waals surface area contributed by atoms with E-state index >= 15 is 0 Å². The molecule has 0 bridgehead atoms. The van der Waals surface area contributed by atoms with E-state index in [1.165, 1.54) is 6.07 Å². The van der Waals surface area contributed by atoms with Gasteiger partial charge in [-0.05, 0) is 30.3 Å². The van der Waals surface area contributed by atoms with Gasteiger partial charge in [-0.25, -0.2) is 0 Å². The summed E-state index contributed by atoms with van der Waals surface area (Å²) in [6.45, 7) is 0. The number of rotatable bonds is 1. The van der Waals surface area contributed by atoms with Crippen molar-refractivity contribution in [3.05, 3.63) is 58.6 Å². The molecule has 0 saturated heterocycles. The molecule has 0 aliphatic carbocycles. The van der Waals surface area contributed by atoms with Gasteiger partial charge in [0.05, 0.1) is 5.56 Å². The third-order valence-electron chi connectivity index (χ3n) is 3.44. The van der Waals surface area contributed by atoms with E-state index in [0.717, 1.165) is 5.69 Å². The van der Waals surface area contributed by atoms with Gasteiger partial charge in [0.25, 0.3) is 5.91 Å². The third kappa shape index (κ3) is 1.98. The first kappa shape index (κ1) is 12.8. The van der Waals surface area contributed by atoms with E-state index in [0.29, 0.717) is 16.1 Å². The van der Waals surface area contributed by atoms with Gasteiger partial charge in [-0.1, -0.05) is 23.7 Å². The number of anilines is 1. The van der Waals surface area contributed by atoms with Crippen LogP contribution >= 0.6 is 11.6 Å². The van der Waals surface area contributed by atoms with Crippen LogP contribution in [0.15, 0.2) is 42.5 Å². The maximum Gasteiger partial charge on any atom is 0.257 e. The number of carbonyl (C=O) groups is 1. The normalized spacial score (nSPS) is 17.6. The van der Waals surface area contributed by atoms with E-state index in [1.54, 1.807) is 30.1 Å². The van der Waals surface area contributed by atoms with E-state index in [9.17, 15) is 9.90 Å². The van der Waals surface area contributed by atoms with E-state index < -0.39 is 6.17 Å². The molecule has 2 aromatic rings. The quantitative estimate of drug-likeness (QED) is 0.847. The predicted molar refractivity (Wildman–Crippen MR) is 78.0 cm³/mol. The Bertz CT molecular complexity index is 687. The van der Waals surface area contributed by atoms with Gasteiger partial charge < -0.3 is 15.3 Å². The Hall–Kier alpha value is -2.20. The summed E-state index contributed by atoms with van der Waals surface area (Å²) < 4.78 is 0. The van der Waals surface area contributed by atoms with Gasteiger partial charge in [0.1, 0.15) is 11.9 Å². The average molecular weight is 289 g/mol. The molecule has 20 heavy (non-hydrogen) atoms. The smallest absolute Gasteiger partial charge is 0.257 e. The first-order valence-electron chi connectivity index (χ1n) is 6.19. The van der Waals surface area contributed by atoms with Crippen LogP contribution in [0.3, 0.4) is 0 Å². The molecular formula is C15H13ClN2O2. The zero-order chi connectivity index (χ0) is 14.3. The summed E-state index contributed by atoms with van der Waals surface area (Å²) in [5.74, 6) is 0.00894. The fourth-order valence-electron chi connectivity index (χ4n) is 2.38. The molecule has 0 aromatic heterocycles. The Labute approximate surface area is 121 Å². The monoisotopic (exact) mass is 288 g/mol. The number of hydrogen-bond acceptors (Lipinski definition) is 3. The van der Waals surface area contributed by atoms with Crippen LogP contribution in [0.5, 0.6) is 5.75 Å². The number of nitrogens with zero attached hydrogens (tertiary/aromatic N) is 1. The van der Waals surface area contributed by atoms with Crippen LogP contribution in [0.2, 0.25) is 5.02 Å². The van der Waals surface area contributed by atoms with Gasteiger partial charge in [0.2, 0.25) is 0 Å². The van der Waals surface area contributed by atoms with Crippen LogP contribution in [0.1, 0.15) is 22.1 Å². The molecule has 1 atom stereocenters. The first-order chi connectivity index (χ1) is 9.58. The van der Waals surface area contributed by atoms with Gasteiger partial charge in [-0.2, -0.15) is 0 Å². The van der Waals surface area contributed by atoms with Crippen molar-refractivity contribution in [1.29, 1.82) is 0 Å². The molecule has 4 nitrogen and oxygen atoms in total. The average Bonchev–Trinajstić information content (AvgIpc) is 2.46. The fourth-order valence-corrected chi connectivity index (χ4v) is 2.56. The van der Waals surface area contributed by atoms with Crippen molar-refractivity contribution in [2.24, 2.45) is 0 Å². The topological polar surface area (TPSA) is 52.6 Å². The molecule has 2 aromatic carbocycles. The lowest BCUT2D eigenvalue weighted by Crippen LogP contribution is -2.40. The van der Waals surface area contributed by atoms with Crippen molar-refractivity contribution in [1.82, 2.24) is 4.90 Å². The lowest BCUT2D eigenvalue weighted by Gasteiger charge is -2.35. The van der Waals surface area contributed by atoms with Crippen molar-refractivity contribution in [2.45, 2.75) is 6.17 Å². The highest BCUT2D eigenvalue weighted by molar-refractivity contribution is 6.30. The minimum atomic E-state index is -0.448. The minimum Gasteiger partial charge on any atom is -0.508 e. The highest BCUT2D eigenvalue weighted by Gasteiger charge is 2.31. The predicted octanol–water partition coefficient (Wildman–Crippen LogP) is 3.24. The second-order valence-electron chi connectivity index (χ2n) is 4.71. The zero-order valence-corrected chi connectivity index (χ0v) is 11.6. The molecule has 1 unspecified atom stereocenters. The van der Waals surface area contributed by atoms with Gasteiger partial charge >= 0.3 is 0 Å². The fraction of sp³-hybridized carbons (Fsp3) is 0.133. The number of carbonyl (C=O) groups excluding carboxylic acids is 1. The Kier molecular flexibility index (Phi) is 3.03. The number of nitrogens with one attached hydrogen (secondary N) is 1. The molecule has 3 rings (SSSR count). The molecular weight excluding hydrogens is 276 g/mol. The number of phenols is 1. The maximum atomic E-state index is 12.4. The second kappa shape index (κ2) is 4.72. The van der Waals surface area contributed by atoms with Crippen LogP contribution in [-0.4, -0.2) is 23.0 Å². The van der Waals surface area contributed by atoms with Crippen LogP contribution in [0.4, 0.5) is 5.69 Å². The number of benzene rings is 2. The summed E-state index contributed by atoms with van der Waals surface area (Å²) in [6.07, 6.45) is -0.448. The van der Waals surface area contributed by atoms with Crippen molar-refractivity contribution >= 4 is 23.2 Å². The number of aromatic hydroxyl groups is 1. The Morgan fingerprint density at radius 3 is 2.80 bits per heavy atom. The van der Waals surface area contributed by atoms with E-state index in [-0.39, 0.29) is 11.7 Å². The summed E-state index contributed by atoms with van der Waals surface area (Å²) in [6, 6.07) is 12.1. The molecule has 102 valence electrons. The Balaban J connectivity index is 2.08. The van der Waals surface area contributed by atoms with E-state index in [1.807, 2.05) is 18.2 Å². The van der Waals surface area contributed by atoms with Crippen LogP contribution in [0, 0.1) is 0 Å².